The van der Waals surface area contributed by atoms with Crippen LogP contribution in [0.3, 0.4) is 0 Å². The Hall–Kier alpha value is -2.24. The first-order chi connectivity index (χ1) is 9.38. The molecule has 0 aromatic carbocycles. The number of carbonyl (C=O) groups excluding carboxylic acids is 1. The van der Waals surface area contributed by atoms with Gasteiger partial charge in [-0.05, 0) is 19.1 Å². The highest BCUT2D eigenvalue weighted by Crippen LogP contribution is 2.18. The first kappa shape index (κ1) is 14.2. The van der Waals surface area contributed by atoms with E-state index in [-0.39, 0.29) is 11.9 Å². The van der Waals surface area contributed by atoms with E-state index in [1.807, 2.05) is 39.8 Å². The molecule has 0 saturated carbocycles. The third-order valence-corrected chi connectivity index (χ3v) is 2.88. The van der Waals surface area contributed by atoms with E-state index in [4.69, 9.17) is 0 Å². The molecule has 1 atom stereocenters. The number of pyridine rings is 1. The molecule has 0 unspecified atom stereocenters. The highest BCUT2D eigenvalue weighted by atomic mass is 16.2. The summed E-state index contributed by atoms with van der Waals surface area (Å²) in [4.78, 5) is 20.3. The van der Waals surface area contributed by atoms with Crippen LogP contribution in [0.2, 0.25) is 0 Å². The molecule has 2 rings (SSSR count). The lowest BCUT2D eigenvalue weighted by Crippen LogP contribution is -2.36. The van der Waals surface area contributed by atoms with E-state index in [2.05, 4.69) is 25.5 Å². The molecule has 0 saturated heterocycles. The molecule has 0 bridgehead atoms. The minimum absolute atomic E-state index is 0.0214. The van der Waals surface area contributed by atoms with Crippen molar-refractivity contribution in [2.24, 2.45) is 5.41 Å². The molecule has 0 fully saturated rings. The quantitative estimate of drug-likeness (QED) is 0.897. The highest BCUT2D eigenvalue weighted by molar-refractivity contribution is 5.81. The molecule has 6 nitrogen and oxygen atoms in total. The largest absolute Gasteiger partial charge is 0.346 e. The zero-order valence-corrected chi connectivity index (χ0v) is 12.1. The van der Waals surface area contributed by atoms with Gasteiger partial charge in [-0.3, -0.25) is 14.9 Å². The molecule has 0 aliphatic carbocycles. The van der Waals surface area contributed by atoms with E-state index in [0.29, 0.717) is 11.6 Å². The molecular weight excluding hydrogens is 254 g/mol. The van der Waals surface area contributed by atoms with Crippen molar-refractivity contribution >= 4 is 5.91 Å². The molecule has 2 N–H and O–H groups in total. The zero-order chi connectivity index (χ0) is 14.8. The average molecular weight is 273 g/mol. The first-order valence-corrected chi connectivity index (χ1v) is 6.51. The van der Waals surface area contributed by atoms with Crippen molar-refractivity contribution in [3.63, 3.8) is 0 Å². The van der Waals surface area contributed by atoms with Gasteiger partial charge in [0.1, 0.15) is 5.82 Å². The van der Waals surface area contributed by atoms with E-state index in [1.165, 1.54) is 0 Å². The Morgan fingerprint density at radius 2 is 1.95 bits per heavy atom. The van der Waals surface area contributed by atoms with Crippen molar-refractivity contribution in [1.82, 2.24) is 25.5 Å². The summed E-state index contributed by atoms with van der Waals surface area (Å²) in [5.41, 5.74) is 0.458. The van der Waals surface area contributed by atoms with Crippen molar-refractivity contribution in [2.45, 2.75) is 33.7 Å². The predicted molar refractivity (Wildman–Crippen MR) is 75.6 cm³/mol. The normalized spacial score (nSPS) is 13.0. The molecule has 0 aliphatic heterocycles. The monoisotopic (exact) mass is 273 g/mol. The van der Waals surface area contributed by atoms with Gasteiger partial charge in [-0.2, -0.15) is 5.10 Å². The molecule has 1 amide bonds. The van der Waals surface area contributed by atoms with Gasteiger partial charge in [-0.25, -0.2) is 4.98 Å². The van der Waals surface area contributed by atoms with Crippen LogP contribution in [-0.4, -0.2) is 26.1 Å². The van der Waals surface area contributed by atoms with Crippen LogP contribution in [0.1, 0.15) is 39.6 Å². The van der Waals surface area contributed by atoms with Crippen LogP contribution in [0.4, 0.5) is 0 Å². The average Bonchev–Trinajstić information content (AvgIpc) is 2.88. The smallest absolute Gasteiger partial charge is 0.225 e. The first-order valence-electron chi connectivity index (χ1n) is 6.51. The van der Waals surface area contributed by atoms with Crippen LogP contribution in [0, 0.1) is 5.41 Å². The summed E-state index contributed by atoms with van der Waals surface area (Å²) in [6, 6.07) is 3.46. The molecule has 2 aromatic heterocycles. The second-order valence-electron chi connectivity index (χ2n) is 5.73. The van der Waals surface area contributed by atoms with E-state index in [1.54, 1.807) is 12.4 Å². The standard InChI is InChI=1S/C14H19N5O/c1-9(16-13(20)14(2,3)4)11-17-12(19-18-11)10-5-7-15-8-6-10/h5-9H,1-4H3,(H,16,20)(H,17,18,19)/t9-/m1/s1. The van der Waals surface area contributed by atoms with Gasteiger partial charge >= 0.3 is 0 Å². The molecular formula is C14H19N5O. The molecule has 6 heteroatoms. The van der Waals surface area contributed by atoms with Crippen molar-refractivity contribution < 1.29 is 4.79 Å². The molecule has 0 radical (unpaired) electrons. The van der Waals surface area contributed by atoms with Gasteiger partial charge in [0.05, 0.1) is 6.04 Å². The van der Waals surface area contributed by atoms with Gasteiger partial charge in [-0.15, -0.1) is 0 Å². The number of hydrogen-bond donors (Lipinski definition) is 2. The fourth-order valence-electron chi connectivity index (χ4n) is 1.58. The summed E-state index contributed by atoms with van der Waals surface area (Å²) in [5, 5.41) is 9.94. The minimum Gasteiger partial charge on any atom is -0.346 e. The van der Waals surface area contributed by atoms with Gasteiger partial charge in [0.15, 0.2) is 5.82 Å². The molecule has 106 valence electrons. The fraction of sp³-hybridized carbons (Fsp3) is 0.429. The Bertz CT molecular complexity index is 585. The number of H-pyrrole nitrogens is 1. The number of rotatable bonds is 3. The number of amides is 1. The lowest BCUT2D eigenvalue weighted by Gasteiger charge is -2.20. The number of nitrogens with one attached hydrogen (secondary N) is 2. The van der Waals surface area contributed by atoms with Gasteiger partial charge in [0.25, 0.3) is 0 Å². The number of nitrogens with zero attached hydrogens (tertiary/aromatic N) is 3. The Morgan fingerprint density at radius 1 is 1.30 bits per heavy atom. The summed E-state index contributed by atoms with van der Waals surface area (Å²) in [6.07, 6.45) is 3.38. The Morgan fingerprint density at radius 3 is 2.55 bits per heavy atom. The number of carbonyl (C=O) groups is 1. The summed E-state index contributed by atoms with van der Waals surface area (Å²) < 4.78 is 0. The van der Waals surface area contributed by atoms with Gasteiger partial charge in [0, 0.05) is 23.4 Å². The fourth-order valence-corrected chi connectivity index (χ4v) is 1.58. The lowest BCUT2D eigenvalue weighted by atomic mass is 9.95. The third-order valence-electron chi connectivity index (χ3n) is 2.88. The Balaban J connectivity index is 2.11. The predicted octanol–water partition coefficient (Wildman–Crippen LogP) is 2.09. The number of aromatic amines is 1. The lowest BCUT2D eigenvalue weighted by molar-refractivity contribution is -0.129. The topological polar surface area (TPSA) is 83.6 Å². The van der Waals surface area contributed by atoms with E-state index in [9.17, 15) is 4.79 Å². The molecule has 0 aliphatic rings. The molecule has 0 spiro atoms. The van der Waals surface area contributed by atoms with E-state index >= 15 is 0 Å². The summed E-state index contributed by atoms with van der Waals surface area (Å²) in [5.74, 6) is 1.21. The maximum Gasteiger partial charge on any atom is 0.225 e. The second kappa shape index (κ2) is 5.40. The maximum atomic E-state index is 11.9. The van der Waals surface area contributed by atoms with E-state index in [0.717, 1.165) is 5.56 Å². The number of aromatic nitrogens is 4. The molecule has 2 aromatic rings. The summed E-state index contributed by atoms with van der Waals surface area (Å²) in [6.45, 7) is 7.49. The van der Waals surface area contributed by atoms with Crippen LogP contribution in [0.5, 0.6) is 0 Å². The van der Waals surface area contributed by atoms with Crippen LogP contribution in [-0.2, 0) is 4.79 Å². The Labute approximate surface area is 118 Å². The van der Waals surface area contributed by atoms with Crippen molar-refractivity contribution in [2.75, 3.05) is 0 Å². The number of hydrogen-bond acceptors (Lipinski definition) is 4. The van der Waals surface area contributed by atoms with Crippen molar-refractivity contribution in [1.29, 1.82) is 0 Å². The van der Waals surface area contributed by atoms with Crippen LogP contribution in [0.15, 0.2) is 24.5 Å². The summed E-state index contributed by atoms with van der Waals surface area (Å²) in [7, 11) is 0. The maximum absolute atomic E-state index is 11.9. The van der Waals surface area contributed by atoms with E-state index < -0.39 is 5.41 Å². The van der Waals surface area contributed by atoms with Crippen LogP contribution in [0.25, 0.3) is 11.4 Å². The highest BCUT2D eigenvalue weighted by Gasteiger charge is 2.24. The molecule has 20 heavy (non-hydrogen) atoms. The van der Waals surface area contributed by atoms with Crippen molar-refractivity contribution in [3.8, 4) is 11.4 Å². The minimum atomic E-state index is -0.428. The second-order valence-corrected chi connectivity index (χ2v) is 5.73. The summed E-state index contributed by atoms with van der Waals surface area (Å²) >= 11 is 0. The Kier molecular flexibility index (Phi) is 3.83. The zero-order valence-electron chi connectivity index (χ0n) is 12.1. The van der Waals surface area contributed by atoms with Gasteiger partial charge in [0.2, 0.25) is 5.91 Å². The van der Waals surface area contributed by atoms with Crippen LogP contribution >= 0.6 is 0 Å². The third kappa shape index (κ3) is 3.20. The molecule has 2 heterocycles. The van der Waals surface area contributed by atoms with Crippen molar-refractivity contribution in [3.05, 3.63) is 30.4 Å². The van der Waals surface area contributed by atoms with Crippen LogP contribution < -0.4 is 5.32 Å². The van der Waals surface area contributed by atoms with Gasteiger partial charge in [-0.1, -0.05) is 20.8 Å². The SMILES string of the molecule is C[C@@H](NC(=O)C(C)(C)C)c1nc(-c2ccncc2)n[nH]1. The van der Waals surface area contributed by atoms with Gasteiger partial charge < -0.3 is 5.32 Å².